The van der Waals surface area contributed by atoms with E-state index in [1.54, 1.807) is 0 Å². The smallest absolute Gasteiger partial charge is 0.147 e. The largest absolute Gasteiger partial charge is 0.379 e. The van der Waals surface area contributed by atoms with Gasteiger partial charge in [-0.05, 0) is 24.5 Å². The lowest BCUT2D eigenvalue weighted by atomic mass is 9.67. The summed E-state index contributed by atoms with van der Waals surface area (Å²) in [4.78, 5) is 16.0. The van der Waals surface area contributed by atoms with Gasteiger partial charge >= 0.3 is 0 Å². The SMILES string of the molecule is [2H]C([2H])([2H])CC(=O)C(CC(C)N1CCOCC1)(c1ccccc1)c1ccccc1. The zero-order chi connectivity index (χ0) is 20.9. The highest BCUT2D eigenvalue weighted by atomic mass is 16.5. The molecule has 0 bridgehead atoms. The number of carbonyl (C=O) groups excluding carboxylic acids is 1. The maximum absolute atomic E-state index is 13.7. The summed E-state index contributed by atoms with van der Waals surface area (Å²) in [6.07, 6.45) is 0.0720. The molecular weight excluding hydrogens is 322 g/mol. The van der Waals surface area contributed by atoms with E-state index in [1.165, 1.54) is 0 Å². The molecule has 2 aromatic carbocycles. The first kappa shape index (κ1) is 15.1. The van der Waals surface area contributed by atoms with Crippen LogP contribution in [0.1, 0.15) is 41.9 Å². The van der Waals surface area contributed by atoms with E-state index < -0.39 is 18.7 Å². The Labute approximate surface area is 161 Å². The fraction of sp³-hybridized carbons (Fsp3) is 0.435. The van der Waals surface area contributed by atoms with Crippen molar-refractivity contribution in [2.24, 2.45) is 0 Å². The van der Waals surface area contributed by atoms with E-state index in [1.807, 2.05) is 60.7 Å². The summed E-state index contributed by atoms with van der Waals surface area (Å²) in [5, 5.41) is 0. The third kappa shape index (κ3) is 3.74. The molecule has 1 heterocycles. The number of hydrogen-bond acceptors (Lipinski definition) is 3. The maximum Gasteiger partial charge on any atom is 0.147 e. The molecular formula is C23H29NO2. The normalized spacial score (nSPS) is 19.2. The molecule has 0 radical (unpaired) electrons. The van der Waals surface area contributed by atoms with E-state index in [9.17, 15) is 4.79 Å². The quantitative estimate of drug-likeness (QED) is 0.751. The number of ketones is 1. The van der Waals surface area contributed by atoms with Crippen molar-refractivity contribution in [3.8, 4) is 0 Å². The Morgan fingerprint density at radius 2 is 1.62 bits per heavy atom. The summed E-state index contributed by atoms with van der Waals surface area (Å²) < 4.78 is 28.7. The summed E-state index contributed by atoms with van der Waals surface area (Å²) in [6, 6.07) is 19.3. The zero-order valence-electron chi connectivity index (χ0n) is 18.4. The van der Waals surface area contributed by atoms with Crippen molar-refractivity contribution in [1.29, 1.82) is 0 Å². The van der Waals surface area contributed by atoms with Gasteiger partial charge in [0.05, 0.1) is 18.6 Å². The molecule has 0 spiro atoms. The molecule has 0 amide bonds. The lowest BCUT2D eigenvalue weighted by Crippen LogP contribution is -2.48. The second kappa shape index (κ2) is 8.61. The molecule has 26 heavy (non-hydrogen) atoms. The monoisotopic (exact) mass is 354 g/mol. The van der Waals surface area contributed by atoms with E-state index in [4.69, 9.17) is 8.85 Å². The van der Waals surface area contributed by atoms with Gasteiger partial charge in [0.25, 0.3) is 0 Å². The van der Waals surface area contributed by atoms with Gasteiger partial charge in [-0.15, -0.1) is 0 Å². The molecule has 3 nitrogen and oxygen atoms in total. The molecule has 0 aromatic heterocycles. The van der Waals surface area contributed by atoms with Crippen molar-refractivity contribution in [2.75, 3.05) is 26.3 Å². The number of carbonyl (C=O) groups is 1. The summed E-state index contributed by atoms with van der Waals surface area (Å²) in [5.74, 6) is -0.255. The van der Waals surface area contributed by atoms with Gasteiger partial charge in [-0.1, -0.05) is 67.5 Å². The Kier molecular flexibility index (Phi) is 5.01. The first-order valence-electron chi connectivity index (χ1n) is 10.8. The number of Topliss-reactive ketones (excluding diaryl/α,β-unsaturated/α-hetero) is 1. The highest BCUT2D eigenvalue weighted by molar-refractivity contribution is 5.93. The number of hydrogen-bond donors (Lipinski definition) is 0. The van der Waals surface area contributed by atoms with Crippen LogP contribution in [-0.2, 0) is 14.9 Å². The van der Waals surface area contributed by atoms with Crippen molar-refractivity contribution in [1.82, 2.24) is 4.90 Å². The third-order valence-electron chi connectivity index (χ3n) is 5.44. The number of morpholine rings is 1. The number of rotatable bonds is 7. The van der Waals surface area contributed by atoms with Gasteiger partial charge < -0.3 is 4.74 Å². The number of benzene rings is 2. The Morgan fingerprint density at radius 1 is 1.08 bits per heavy atom. The van der Waals surface area contributed by atoms with E-state index >= 15 is 0 Å². The Balaban J connectivity index is 2.10. The van der Waals surface area contributed by atoms with Gasteiger partial charge in [0, 0.05) is 29.7 Å². The van der Waals surface area contributed by atoms with Crippen LogP contribution in [0.2, 0.25) is 0 Å². The summed E-state index contributed by atoms with van der Waals surface area (Å²) in [7, 11) is 0. The lowest BCUT2D eigenvalue weighted by Gasteiger charge is -2.40. The van der Waals surface area contributed by atoms with Gasteiger partial charge in [0.15, 0.2) is 0 Å². The van der Waals surface area contributed by atoms with Crippen molar-refractivity contribution < 1.29 is 13.6 Å². The molecule has 2 aromatic rings. The fourth-order valence-electron chi connectivity index (χ4n) is 4.02. The predicted octanol–water partition coefficient (Wildman–Crippen LogP) is 4.06. The molecule has 1 saturated heterocycles. The minimum atomic E-state index is -2.31. The molecule has 0 N–H and O–H groups in total. The van der Waals surface area contributed by atoms with Gasteiger partial charge in [0.2, 0.25) is 0 Å². The minimum Gasteiger partial charge on any atom is -0.379 e. The van der Waals surface area contributed by atoms with E-state index in [-0.39, 0.29) is 11.8 Å². The molecule has 1 aliphatic heterocycles. The zero-order valence-corrected chi connectivity index (χ0v) is 15.4. The molecule has 0 aliphatic carbocycles. The van der Waals surface area contributed by atoms with E-state index in [0.29, 0.717) is 19.6 Å². The first-order chi connectivity index (χ1) is 13.8. The molecule has 3 heteroatoms. The van der Waals surface area contributed by atoms with Crippen molar-refractivity contribution in [3.63, 3.8) is 0 Å². The molecule has 1 atom stereocenters. The highest BCUT2D eigenvalue weighted by Gasteiger charge is 2.42. The highest BCUT2D eigenvalue weighted by Crippen LogP contribution is 2.39. The van der Waals surface area contributed by atoms with Gasteiger partial charge in [0.1, 0.15) is 5.78 Å². The molecule has 1 aliphatic rings. The summed E-state index contributed by atoms with van der Waals surface area (Å²) in [5.41, 5.74) is 0.690. The average Bonchev–Trinajstić information content (AvgIpc) is 2.72. The predicted molar refractivity (Wildman–Crippen MR) is 105 cm³/mol. The minimum absolute atomic E-state index is 0.0971. The van der Waals surface area contributed by atoms with Crippen LogP contribution in [0.15, 0.2) is 60.7 Å². The average molecular weight is 355 g/mol. The van der Waals surface area contributed by atoms with Crippen LogP contribution < -0.4 is 0 Å². The second-order valence-electron chi connectivity index (χ2n) is 6.94. The summed E-state index contributed by atoms with van der Waals surface area (Å²) in [6.45, 7) is 2.79. The fourth-order valence-corrected chi connectivity index (χ4v) is 4.02. The molecule has 1 unspecified atom stereocenters. The van der Waals surface area contributed by atoms with Crippen LogP contribution >= 0.6 is 0 Å². The summed E-state index contributed by atoms with van der Waals surface area (Å²) >= 11 is 0. The van der Waals surface area contributed by atoms with Crippen molar-refractivity contribution in [3.05, 3.63) is 71.8 Å². The van der Waals surface area contributed by atoms with Crippen LogP contribution in [0, 0.1) is 0 Å². The second-order valence-corrected chi connectivity index (χ2v) is 6.94. The molecule has 138 valence electrons. The van der Waals surface area contributed by atoms with Gasteiger partial charge in [-0.3, -0.25) is 9.69 Å². The molecule has 0 saturated carbocycles. The van der Waals surface area contributed by atoms with Gasteiger partial charge in [-0.25, -0.2) is 0 Å². The molecule has 1 fully saturated rings. The standard InChI is InChI=1S/C23H29NO2/c1-3-22(25)23(20-10-6-4-7-11-20,21-12-8-5-9-13-21)18-19(2)24-14-16-26-17-15-24/h4-13,19H,3,14-18H2,1-2H3/i1D3. The van der Waals surface area contributed by atoms with Crippen molar-refractivity contribution >= 4 is 5.78 Å². The Bertz CT molecular complexity index is 747. The Morgan fingerprint density at radius 3 is 2.12 bits per heavy atom. The van der Waals surface area contributed by atoms with Crippen LogP contribution in [0.3, 0.4) is 0 Å². The first-order valence-corrected chi connectivity index (χ1v) is 9.29. The van der Waals surface area contributed by atoms with Crippen LogP contribution in [0.4, 0.5) is 0 Å². The Hall–Kier alpha value is -1.97. The topological polar surface area (TPSA) is 29.5 Å². The molecule has 3 rings (SSSR count). The van der Waals surface area contributed by atoms with Crippen LogP contribution in [0.5, 0.6) is 0 Å². The van der Waals surface area contributed by atoms with Crippen LogP contribution in [0.25, 0.3) is 0 Å². The van der Waals surface area contributed by atoms with E-state index in [2.05, 4.69) is 11.8 Å². The maximum atomic E-state index is 13.7. The number of nitrogens with zero attached hydrogens (tertiary/aromatic N) is 1. The van der Waals surface area contributed by atoms with Gasteiger partial charge in [-0.2, -0.15) is 0 Å². The third-order valence-corrected chi connectivity index (χ3v) is 5.44. The van der Waals surface area contributed by atoms with E-state index in [0.717, 1.165) is 24.2 Å². The lowest BCUT2D eigenvalue weighted by molar-refractivity contribution is -0.123. The van der Waals surface area contributed by atoms with Crippen LogP contribution in [-0.4, -0.2) is 43.0 Å². The van der Waals surface area contributed by atoms with Crippen molar-refractivity contribution in [2.45, 2.75) is 38.1 Å². The number of ether oxygens (including phenoxy) is 1.